The van der Waals surface area contributed by atoms with Gasteiger partial charge in [-0.1, -0.05) is 6.07 Å². The Bertz CT molecular complexity index is 1550. The summed E-state index contributed by atoms with van der Waals surface area (Å²) in [5.41, 5.74) is 2.47. The number of fused-ring (bicyclic) bond motifs is 5. The molecule has 0 heterocycles. The quantitative estimate of drug-likeness (QED) is 0.295. The number of hydrogen-bond donors (Lipinski definition) is 5. The number of hydrogen-bond acceptors (Lipinski definition) is 7. The van der Waals surface area contributed by atoms with Gasteiger partial charge in [-0.3, -0.25) is 19.2 Å². The monoisotopic (exact) mass is 487 g/mol. The molecule has 182 valence electrons. The van der Waals surface area contributed by atoms with E-state index in [1.807, 2.05) is 0 Å². The van der Waals surface area contributed by atoms with E-state index in [9.17, 15) is 34.5 Å². The lowest BCUT2D eigenvalue weighted by Crippen LogP contribution is -2.38. The van der Waals surface area contributed by atoms with Gasteiger partial charge in [0.25, 0.3) is 5.91 Å². The summed E-state index contributed by atoms with van der Waals surface area (Å²) < 4.78 is 0. The van der Waals surface area contributed by atoms with Gasteiger partial charge in [-0.15, -0.1) is 0 Å². The number of aryl methyl sites for hydroxylation is 3. The number of aliphatic carboxylic acids is 1. The third-order valence-electron chi connectivity index (χ3n) is 6.76. The van der Waals surface area contributed by atoms with Crippen LogP contribution in [0.4, 0.5) is 0 Å². The third kappa shape index (κ3) is 3.31. The Morgan fingerprint density at radius 2 is 1.50 bits per heavy atom. The van der Waals surface area contributed by atoms with Crippen LogP contribution in [0.2, 0.25) is 0 Å². The van der Waals surface area contributed by atoms with E-state index in [1.54, 1.807) is 19.1 Å². The molecule has 3 aromatic rings. The number of amides is 1. The molecule has 0 aliphatic heterocycles. The van der Waals surface area contributed by atoms with Crippen LogP contribution in [-0.4, -0.2) is 49.9 Å². The Balaban J connectivity index is 1.68. The highest BCUT2D eigenvalue weighted by Gasteiger charge is 2.35. The van der Waals surface area contributed by atoms with Crippen LogP contribution < -0.4 is 5.32 Å². The number of ketones is 2. The van der Waals surface area contributed by atoms with Crippen molar-refractivity contribution in [3.63, 3.8) is 0 Å². The predicted molar refractivity (Wildman–Crippen MR) is 127 cm³/mol. The highest BCUT2D eigenvalue weighted by molar-refractivity contribution is 6.30. The number of aromatic hydroxyl groups is 3. The third-order valence-corrected chi connectivity index (χ3v) is 6.76. The van der Waals surface area contributed by atoms with Crippen molar-refractivity contribution < 1.29 is 39.6 Å². The lowest BCUT2D eigenvalue weighted by molar-refractivity contribution is -0.138. The van der Waals surface area contributed by atoms with E-state index in [4.69, 9.17) is 5.11 Å². The van der Waals surface area contributed by atoms with Gasteiger partial charge in [0, 0.05) is 28.3 Å². The maximum absolute atomic E-state index is 13.3. The Kier molecular flexibility index (Phi) is 5.10. The number of phenolic OH excluding ortho intramolecular Hbond substituents is 3. The zero-order valence-electron chi connectivity index (χ0n) is 19.3. The predicted octanol–water partition coefficient (Wildman–Crippen LogP) is 2.86. The molecule has 2 aliphatic carbocycles. The van der Waals surface area contributed by atoms with E-state index in [0.717, 1.165) is 17.7 Å². The minimum absolute atomic E-state index is 0.0505. The van der Waals surface area contributed by atoms with Crippen molar-refractivity contribution in [2.24, 2.45) is 0 Å². The van der Waals surface area contributed by atoms with Crippen LogP contribution in [0.1, 0.15) is 65.8 Å². The molecule has 0 saturated carbocycles. The maximum atomic E-state index is 13.3. The van der Waals surface area contributed by atoms with Crippen molar-refractivity contribution in [2.45, 2.75) is 32.7 Å². The highest BCUT2D eigenvalue weighted by Crippen LogP contribution is 2.45. The second kappa shape index (κ2) is 7.94. The molecule has 36 heavy (non-hydrogen) atoms. The molecule has 0 unspecified atom stereocenters. The minimum atomic E-state index is -1.23. The lowest BCUT2D eigenvalue weighted by Gasteiger charge is -2.27. The Morgan fingerprint density at radius 3 is 2.19 bits per heavy atom. The van der Waals surface area contributed by atoms with Crippen LogP contribution >= 0.6 is 0 Å². The van der Waals surface area contributed by atoms with Gasteiger partial charge in [0.1, 0.15) is 23.3 Å². The molecule has 9 heteroatoms. The number of carboxylic acid groups (broad SMARTS) is 1. The Morgan fingerprint density at radius 1 is 0.833 bits per heavy atom. The first-order chi connectivity index (χ1) is 17.0. The zero-order valence-corrected chi connectivity index (χ0v) is 19.3. The highest BCUT2D eigenvalue weighted by atomic mass is 16.4. The molecule has 0 fully saturated rings. The average molecular weight is 487 g/mol. The standard InChI is InChI=1S/C27H21NO8/c1-10-5-13-4-3-12-6-16-17(23(31)18-7-14(29)8-19(30)22(18)24(16)32)9-15(12)21(13)25(33)20(10)26(34)28-11(2)27(35)36/h5-9,11,29-30,33H,3-4H2,1-2H3,(H,28,34)(H,35,36)/t11-/m1/s1. The van der Waals surface area contributed by atoms with E-state index >= 15 is 0 Å². The molecule has 3 aromatic carbocycles. The number of rotatable bonds is 3. The number of phenols is 3. The minimum Gasteiger partial charge on any atom is -0.508 e. The van der Waals surface area contributed by atoms with Gasteiger partial charge in [-0.05, 0) is 67.1 Å². The summed E-state index contributed by atoms with van der Waals surface area (Å²) in [6.45, 7) is 2.95. The largest absolute Gasteiger partial charge is 0.508 e. The van der Waals surface area contributed by atoms with Crippen LogP contribution in [0, 0.1) is 6.92 Å². The van der Waals surface area contributed by atoms with Crippen LogP contribution in [0.3, 0.4) is 0 Å². The van der Waals surface area contributed by atoms with E-state index in [2.05, 4.69) is 5.32 Å². The van der Waals surface area contributed by atoms with Gasteiger partial charge < -0.3 is 25.7 Å². The maximum Gasteiger partial charge on any atom is 0.325 e. The van der Waals surface area contributed by atoms with Crippen LogP contribution in [0.5, 0.6) is 17.2 Å². The zero-order chi connectivity index (χ0) is 26.0. The molecule has 5 rings (SSSR count). The summed E-state index contributed by atoms with van der Waals surface area (Å²) in [4.78, 5) is 50.5. The fourth-order valence-electron chi connectivity index (χ4n) is 5.02. The summed E-state index contributed by atoms with van der Waals surface area (Å²) >= 11 is 0. The summed E-state index contributed by atoms with van der Waals surface area (Å²) in [6.07, 6.45) is 1.01. The normalized spacial score (nSPS) is 14.3. The van der Waals surface area contributed by atoms with Gasteiger partial charge >= 0.3 is 5.97 Å². The molecule has 5 N–H and O–H groups in total. The molecule has 0 spiro atoms. The van der Waals surface area contributed by atoms with Gasteiger partial charge in [0.05, 0.1) is 11.1 Å². The molecular weight excluding hydrogens is 466 g/mol. The number of nitrogens with one attached hydrogen (secondary N) is 1. The first-order valence-corrected chi connectivity index (χ1v) is 11.2. The number of carbonyl (C=O) groups excluding carboxylic acids is 3. The fourth-order valence-corrected chi connectivity index (χ4v) is 5.02. The molecule has 0 saturated heterocycles. The molecule has 0 radical (unpaired) electrons. The number of carbonyl (C=O) groups is 4. The van der Waals surface area contributed by atoms with Crippen molar-refractivity contribution in [1.82, 2.24) is 5.32 Å². The first-order valence-electron chi connectivity index (χ1n) is 11.2. The Labute approximate surface area is 204 Å². The number of carboxylic acids is 1. The molecule has 1 atom stereocenters. The average Bonchev–Trinajstić information content (AvgIpc) is 2.80. The van der Waals surface area contributed by atoms with E-state index in [-0.39, 0.29) is 39.3 Å². The van der Waals surface area contributed by atoms with Gasteiger partial charge in [0.15, 0.2) is 11.6 Å². The van der Waals surface area contributed by atoms with Crippen molar-refractivity contribution in [1.29, 1.82) is 0 Å². The fraction of sp³-hybridized carbons (Fsp3) is 0.185. The number of benzene rings is 3. The van der Waals surface area contributed by atoms with Gasteiger partial charge in [-0.25, -0.2) is 0 Å². The van der Waals surface area contributed by atoms with E-state index in [1.165, 1.54) is 13.0 Å². The second-order valence-electron chi connectivity index (χ2n) is 9.09. The lowest BCUT2D eigenvalue weighted by atomic mass is 9.76. The molecule has 1 amide bonds. The van der Waals surface area contributed by atoms with E-state index in [0.29, 0.717) is 35.1 Å². The smallest absolute Gasteiger partial charge is 0.325 e. The topological polar surface area (TPSA) is 161 Å². The van der Waals surface area contributed by atoms with Crippen LogP contribution in [-0.2, 0) is 17.6 Å². The van der Waals surface area contributed by atoms with Crippen molar-refractivity contribution in [3.8, 4) is 28.4 Å². The molecule has 0 bridgehead atoms. The van der Waals surface area contributed by atoms with Gasteiger partial charge in [0.2, 0.25) is 0 Å². The summed E-state index contributed by atoms with van der Waals surface area (Å²) in [6, 6.07) is 5.75. The van der Waals surface area contributed by atoms with Gasteiger partial charge in [-0.2, -0.15) is 0 Å². The SMILES string of the molecule is Cc1cc2c(c(O)c1C(=O)N[C@H](C)C(=O)O)-c1cc3c(cc1CC2)C(=O)c1c(O)cc(O)cc1C3=O. The molecular formula is C27H21NO8. The summed E-state index contributed by atoms with van der Waals surface area (Å²) in [5, 5.41) is 42.8. The molecule has 9 nitrogen and oxygen atoms in total. The van der Waals surface area contributed by atoms with Crippen molar-refractivity contribution >= 4 is 23.4 Å². The molecule has 0 aromatic heterocycles. The Hall–Kier alpha value is -4.66. The summed E-state index contributed by atoms with van der Waals surface area (Å²) in [7, 11) is 0. The second-order valence-corrected chi connectivity index (χ2v) is 9.09. The van der Waals surface area contributed by atoms with Crippen LogP contribution in [0.15, 0.2) is 30.3 Å². The van der Waals surface area contributed by atoms with Crippen LogP contribution in [0.25, 0.3) is 11.1 Å². The van der Waals surface area contributed by atoms with Crippen molar-refractivity contribution in [2.75, 3.05) is 0 Å². The summed E-state index contributed by atoms with van der Waals surface area (Å²) in [5.74, 6) is -4.29. The molecule has 2 aliphatic rings. The van der Waals surface area contributed by atoms with E-state index < -0.39 is 35.2 Å². The van der Waals surface area contributed by atoms with Crippen molar-refractivity contribution in [3.05, 3.63) is 74.8 Å². The first kappa shape index (κ1) is 23.1.